The van der Waals surface area contributed by atoms with E-state index in [0.29, 0.717) is 16.9 Å². The summed E-state index contributed by atoms with van der Waals surface area (Å²) >= 11 is 0. The molecule has 6 heteroatoms. The number of hydrogen-bond donors (Lipinski definition) is 2. The van der Waals surface area contributed by atoms with Crippen LogP contribution in [0.1, 0.15) is 40.5 Å². The van der Waals surface area contributed by atoms with Crippen LogP contribution in [-0.2, 0) is 0 Å². The number of nitrogens with one attached hydrogen (secondary N) is 1. The Hall–Kier alpha value is -2.89. The van der Waals surface area contributed by atoms with Crippen LogP contribution in [0.25, 0.3) is 0 Å². The molecule has 0 unspecified atom stereocenters. The van der Waals surface area contributed by atoms with E-state index in [1.54, 1.807) is 12.1 Å². The van der Waals surface area contributed by atoms with Crippen molar-refractivity contribution in [1.29, 1.82) is 0 Å². The normalized spacial score (nSPS) is 10.4. The lowest BCUT2D eigenvalue weighted by molar-refractivity contribution is 0.0697. The van der Waals surface area contributed by atoms with Gasteiger partial charge >= 0.3 is 5.97 Å². The zero-order chi connectivity index (χ0) is 18.4. The number of nitrogens with zero attached hydrogens (tertiary/aromatic N) is 1. The summed E-state index contributed by atoms with van der Waals surface area (Å²) in [5, 5.41) is 12.1. The molecule has 0 radical (unpaired) electrons. The first kappa shape index (κ1) is 18.4. The number of amides is 1. The van der Waals surface area contributed by atoms with Crippen LogP contribution < -0.4 is 10.2 Å². The van der Waals surface area contributed by atoms with Gasteiger partial charge in [0.05, 0.1) is 11.3 Å². The summed E-state index contributed by atoms with van der Waals surface area (Å²) in [6, 6.07) is 9.91. The van der Waals surface area contributed by atoms with Gasteiger partial charge in [0, 0.05) is 24.8 Å². The average molecular weight is 344 g/mol. The Kier molecular flexibility index (Phi) is 6.11. The number of carbonyl (C=O) groups is 2. The smallest absolute Gasteiger partial charge is 0.337 e. The molecule has 0 atom stereocenters. The number of rotatable bonds is 7. The predicted molar refractivity (Wildman–Crippen MR) is 95.9 cm³/mol. The Balaban J connectivity index is 2.22. The fourth-order valence-corrected chi connectivity index (χ4v) is 2.44. The molecule has 1 amide bonds. The minimum absolute atomic E-state index is 0.121. The van der Waals surface area contributed by atoms with Gasteiger partial charge in [-0.15, -0.1) is 0 Å². The highest BCUT2D eigenvalue weighted by atomic mass is 19.1. The lowest BCUT2D eigenvalue weighted by Gasteiger charge is -2.21. The number of carboxylic acids is 1. The van der Waals surface area contributed by atoms with Crippen molar-refractivity contribution in [2.75, 3.05) is 23.8 Å². The van der Waals surface area contributed by atoms with Crippen molar-refractivity contribution < 1.29 is 19.1 Å². The molecule has 5 nitrogen and oxygen atoms in total. The Morgan fingerprint density at radius 2 is 1.84 bits per heavy atom. The van der Waals surface area contributed by atoms with Gasteiger partial charge in [0.1, 0.15) is 5.82 Å². The lowest BCUT2D eigenvalue weighted by atomic mass is 10.1. The van der Waals surface area contributed by atoms with Crippen LogP contribution >= 0.6 is 0 Å². The van der Waals surface area contributed by atoms with Gasteiger partial charge in [-0.05, 0) is 48.9 Å². The molecule has 0 aliphatic carbocycles. The topological polar surface area (TPSA) is 69.6 Å². The maximum Gasteiger partial charge on any atom is 0.337 e. The van der Waals surface area contributed by atoms with Crippen LogP contribution in [0.5, 0.6) is 0 Å². The van der Waals surface area contributed by atoms with Gasteiger partial charge in [-0.1, -0.05) is 13.3 Å². The Morgan fingerprint density at radius 3 is 2.44 bits per heavy atom. The molecule has 2 N–H and O–H groups in total. The van der Waals surface area contributed by atoms with Crippen molar-refractivity contribution in [3.63, 3.8) is 0 Å². The lowest BCUT2D eigenvalue weighted by Crippen LogP contribution is -2.21. The van der Waals surface area contributed by atoms with Gasteiger partial charge in [-0.3, -0.25) is 4.79 Å². The third-order valence-corrected chi connectivity index (χ3v) is 3.85. The molecule has 2 rings (SSSR count). The van der Waals surface area contributed by atoms with E-state index in [9.17, 15) is 19.1 Å². The van der Waals surface area contributed by atoms with Crippen molar-refractivity contribution in [1.82, 2.24) is 0 Å². The standard InChI is InChI=1S/C19H21FN2O3/c1-3-4-11-22(2)17-10-9-15(12-16(17)19(24)25)21-18(23)13-5-7-14(20)8-6-13/h5-10,12H,3-4,11H2,1-2H3,(H,21,23)(H,24,25). The molecule has 0 saturated heterocycles. The van der Waals surface area contributed by atoms with Crippen LogP contribution in [0, 0.1) is 5.82 Å². The summed E-state index contributed by atoms with van der Waals surface area (Å²) in [5.74, 6) is -1.91. The highest BCUT2D eigenvalue weighted by molar-refractivity contribution is 6.05. The second kappa shape index (κ2) is 8.28. The number of carbonyl (C=O) groups excluding carboxylic acids is 1. The van der Waals surface area contributed by atoms with Crippen molar-refractivity contribution in [3.05, 3.63) is 59.4 Å². The molecule has 0 spiro atoms. The van der Waals surface area contributed by atoms with E-state index in [4.69, 9.17) is 0 Å². The van der Waals surface area contributed by atoms with E-state index >= 15 is 0 Å². The Labute approximate surface area is 146 Å². The monoisotopic (exact) mass is 344 g/mol. The highest BCUT2D eigenvalue weighted by Gasteiger charge is 2.15. The molecule has 0 aromatic heterocycles. The first-order valence-corrected chi connectivity index (χ1v) is 8.07. The molecule has 0 aliphatic rings. The summed E-state index contributed by atoms with van der Waals surface area (Å²) in [6.07, 6.45) is 1.97. The van der Waals surface area contributed by atoms with E-state index in [0.717, 1.165) is 19.4 Å². The minimum Gasteiger partial charge on any atom is -0.478 e. The summed E-state index contributed by atoms with van der Waals surface area (Å²) in [5.41, 5.74) is 1.39. The average Bonchev–Trinajstić information content (AvgIpc) is 2.60. The number of halogens is 1. The number of anilines is 2. The Bertz CT molecular complexity index is 760. The van der Waals surface area contributed by atoms with Crippen molar-refractivity contribution in [2.45, 2.75) is 19.8 Å². The second-order valence-electron chi connectivity index (χ2n) is 5.77. The van der Waals surface area contributed by atoms with E-state index in [-0.39, 0.29) is 5.56 Å². The van der Waals surface area contributed by atoms with Crippen LogP contribution in [0.4, 0.5) is 15.8 Å². The zero-order valence-corrected chi connectivity index (χ0v) is 14.3. The van der Waals surface area contributed by atoms with Gasteiger partial charge in [-0.25, -0.2) is 9.18 Å². The van der Waals surface area contributed by atoms with Crippen molar-refractivity contribution >= 4 is 23.3 Å². The summed E-state index contributed by atoms with van der Waals surface area (Å²) in [7, 11) is 1.84. The van der Waals surface area contributed by atoms with Gasteiger partial charge in [0.15, 0.2) is 0 Å². The number of carboxylic acid groups (broad SMARTS) is 1. The third kappa shape index (κ3) is 4.79. The first-order valence-electron chi connectivity index (χ1n) is 8.07. The molecular formula is C19H21FN2O3. The zero-order valence-electron chi connectivity index (χ0n) is 14.3. The number of unbranched alkanes of at least 4 members (excludes halogenated alkanes) is 1. The van der Waals surface area contributed by atoms with E-state index < -0.39 is 17.7 Å². The molecule has 2 aromatic rings. The van der Waals surface area contributed by atoms with E-state index in [2.05, 4.69) is 12.2 Å². The highest BCUT2D eigenvalue weighted by Crippen LogP contribution is 2.24. The quantitative estimate of drug-likeness (QED) is 0.796. The maximum atomic E-state index is 12.9. The second-order valence-corrected chi connectivity index (χ2v) is 5.77. The molecule has 2 aromatic carbocycles. The molecule has 132 valence electrons. The summed E-state index contributed by atoms with van der Waals surface area (Å²) in [4.78, 5) is 25.6. The van der Waals surface area contributed by atoms with Gasteiger partial charge in [0.2, 0.25) is 0 Å². The van der Waals surface area contributed by atoms with Crippen molar-refractivity contribution in [2.24, 2.45) is 0 Å². The Morgan fingerprint density at radius 1 is 1.16 bits per heavy atom. The maximum absolute atomic E-state index is 12.9. The number of hydrogen-bond acceptors (Lipinski definition) is 3. The van der Waals surface area contributed by atoms with E-state index in [1.807, 2.05) is 11.9 Å². The molecule has 0 bridgehead atoms. The summed E-state index contributed by atoms with van der Waals surface area (Å²) < 4.78 is 12.9. The fraction of sp³-hybridized carbons (Fsp3) is 0.263. The fourth-order valence-electron chi connectivity index (χ4n) is 2.44. The molecular weight excluding hydrogens is 323 g/mol. The third-order valence-electron chi connectivity index (χ3n) is 3.85. The molecule has 0 heterocycles. The van der Waals surface area contributed by atoms with E-state index in [1.165, 1.54) is 30.3 Å². The van der Waals surface area contributed by atoms with Crippen LogP contribution in [0.15, 0.2) is 42.5 Å². The van der Waals surface area contributed by atoms with Gasteiger partial charge in [0.25, 0.3) is 5.91 Å². The molecule has 0 saturated carbocycles. The number of aromatic carboxylic acids is 1. The number of benzene rings is 2. The minimum atomic E-state index is -1.06. The summed E-state index contributed by atoms with van der Waals surface area (Å²) in [6.45, 7) is 2.82. The van der Waals surface area contributed by atoms with Crippen LogP contribution in [0.3, 0.4) is 0 Å². The molecule has 0 aliphatic heterocycles. The largest absolute Gasteiger partial charge is 0.478 e. The molecule has 0 fully saturated rings. The predicted octanol–water partition coefficient (Wildman–Crippen LogP) is 4.01. The SMILES string of the molecule is CCCCN(C)c1ccc(NC(=O)c2ccc(F)cc2)cc1C(=O)O. The van der Waals surface area contributed by atoms with Crippen LogP contribution in [-0.4, -0.2) is 30.6 Å². The van der Waals surface area contributed by atoms with Crippen LogP contribution in [0.2, 0.25) is 0 Å². The van der Waals surface area contributed by atoms with Gasteiger partial charge < -0.3 is 15.3 Å². The van der Waals surface area contributed by atoms with Gasteiger partial charge in [-0.2, -0.15) is 0 Å². The molecule has 25 heavy (non-hydrogen) atoms. The van der Waals surface area contributed by atoms with Crippen molar-refractivity contribution in [3.8, 4) is 0 Å². The first-order chi connectivity index (χ1) is 11.9.